The third kappa shape index (κ3) is 3.29. The zero-order valence-electron chi connectivity index (χ0n) is 9.89. The zero-order valence-corrected chi connectivity index (χ0v) is 9.89. The number of nitrogens with two attached hydrogens (primary N) is 1. The molecular weight excluding hydrogens is 214 g/mol. The Labute approximate surface area is 101 Å². The minimum absolute atomic E-state index is 0.281. The Morgan fingerprint density at radius 3 is 2.71 bits per heavy atom. The molecule has 1 atom stereocenters. The van der Waals surface area contributed by atoms with Crippen molar-refractivity contribution < 1.29 is 9.90 Å². The quantitative estimate of drug-likeness (QED) is 0.798. The Kier molecular flexibility index (Phi) is 4.67. The van der Waals surface area contributed by atoms with Gasteiger partial charge in [-0.3, -0.25) is 4.79 Å². The number of hydrogen-bond acceptors (Lipinski definition) is 2. The summed E-state index contributed by atoms with van der Waals surface area (Å²) in [5, 5.41) is 10.9. The number of aliphatic carboxylic acids is 1. The van der Waals surface area contributed by atoms with Crippen molar-refractivity contribution in [2.24, 2.45) is 5.73 Å². The monoisotopic (exact) mass is 231 g/mol. The lowest BCUT2D eigenvalue weighted by Gasteiger charge is -2.07. The van der Waals surface area contributed by atoms with E-state index in [4.69, 9.17) is 10.8 Å². The summed E-state index contributed by atoms with van der Waals surface area (Å²) < 4.78 is 0. The highest BCUT2D eigenvalue weighted by atomic mass is 16.4. The maximum absolute atomic E-state index is 10.8. The molecule has 0 radical (unpaired) electrons. The second-order valence-electron chi connectivity index (χ2n) is 3.75. The highest BCUT2D eigenvalue weighted by Crippen LogP contribution is 2.04. The van der Waals surface area contributed by atoms with Crippen molar-refractivity contribution in [2.75, 3.05) is 0 Å². The van der Waals surface area contributed by atoms with Crippen LogP contribution in [0.2, 0.25) is 0 Å². The second kappa shape index (κ2) is 6.01. The van der Waals surface area contributed by atoms with Gasteiger partial charge in [0.2, 0.25) is 0 Å². The van der Waals surface area contributed by atoms with Crippen LogP contribution in [0.5, 0.6) is 0 Å². The van der Waals surface area contributed by atoms with Gasteiger partial charge in [0.1, 0.15) is 6.04 Å². The van der Waals surface area contributed by atoms with Gasteiger partial charge in [-0.15, -0.1) is 0 Å². The molecule has 0 amide bonds. The van der Waals surface area contributed by atoms with E-state index in [0.717, 1.165) is 16.0 Å². The standard InChI is InChI=1S/C14H17NO2/c1-3-10-7-5-6-8-12(10)11(4-2)9-13(15)14(16)17/h3-8,13H,2,9,15H2,1H3,(H,16,17)/b10-3-,12-11+/t13-/m1/s1. The molecule has 3 nitrogen and oxygen atoms in total. The van der Waals surface area contributed by atoms with Gasteiger partial charge in [-0.05, 0) is 29.4 Å². The molecule has 0 saturated heterocycles. The Morgan fingerprint density at radius 1 is 1.53 bits per heavy atom. The lowest BCUT2D eigenvalue weighted by Crippen LogP contribution is -2.33. The predicted molar refractivity (Wildman–Crippen MR) is 69.7 cm³/mol. The SMILES string of the molecule is C=C/C(C[C@@H](N)C(=O)O)=c1/cccc/c1=C/C. The summed E-state index contributed by atoms with van der Waals surface area (Å²) >= 11 is 0. The fraction of sp³-hybridized carbons (Fsp3) is 0.214. The average molecular weight is 231 g/mol. The van der Waals surface area contributed by atoms with Crippen molar-refractivity contribution in [3.8, 4) is 0 Å². The van der Waals surface area contributed by atoms with Gasteiger partial charge >= 0.3 is 5.97 Å². The van der Waals surface area contributed by atoms with Gasteiger partial charge in [0.05, 0.1) is 0 Å². The fourth-order valence-corrected chi connectivity index (χ4v) is 1.67. The summed E-state index contributed by atoms with van der Waals surface area (Å²) in [6.45, 7) is 5.67. The smallest absolute Gasteiger partial charge is 0.320 e. The number of rotatable bonds is 4. The summed E-state index contributed by atoms with van der Waals surface area (Å²) in [6, 6.07) is 6.88. The first-order chi connectivity index (χ1) is 8.10. The van der Waals surface area contributed by atoms with Crippen LogP contribution in [-0.2, 0) is 4.79 Å². The molecule has 1 rings (SSSR count). The van der Waals surface area contributed by atoms with Crippen LogP contribution in [0.15, 0.2) is 36.9 Å². The number of hydrogen-bond donors (Lipinski definition) is 2. The maximum Gasteiger partial charge on any atom is 0.320 e. The lowest BCUT2D eigenvalue weighted by atomic mass is 10.0. The van der Waals surface area contributed by atoms with E-state index in [-0.39, 0.29) is 6.42 Å². The molecule has 0 spiro atoms. The molecule has 0 unspecified atom stereocenters. The molecular formula is C14H17NO2. The summed E-state index contributed by atoms with van der Waals surface area (Å²) in [5.41, 5.74) is 6.40. The molecule has 0 aliphatic rings. The number of benzene rings is 1. The third-order valence-electron chi connectivity index (χ3n) is 2.62. The van der Waals surface area contributed by atoms with Gasteiger partial charge in [0, 0.05) is 0 Å². The molecule has 3 N–H and O–H groups in total. The first kappa shape index (κ1) is 13.2. The van der Waals surface area contributed by atoms with Crippen molar-refractivity contribution in [3.63, 3.8) is 0 Å². The molecule has 1 aromatic rings. The second-order valence-corrected chi connectivity index (χ2v) is 3.75. The number of allylic oxidation sites excluding steroid dienone is 1. The number of carboxylic acid groups (broad SMARTS) is 1. The molecule has 0 saturated carbocycles. The molecule has 0 bridgehead atoms. The molecule has 3 heteroatoms. The summed E-state index contributed by atoms with van der Waals surface area (Å²) in [6.07, 6.45) is 3.93. The van der Waals surface area contributed by atoms with Crippen molar-refractivity contribution in [3.05, 3.63) is 47.4 Å². The van der Waals surface area contributed by atoms with Gasteiger partial charge in [-0.25, -0.2) is 0 Å². The Morgan fingerprint density at radius 2 is 2.18 bits per heavy atom. The third-order valence-corrected chi connectivity index (χ3v) is 2.62. The molecule has 0 heterocycles. The first-order valence-corrected chi connectivity index (χ1v) is 5.45. The van der Waals surface area contributed by atoms with Crippen molar-refractivity contribution in [1.82, 2.24) is 0 Å². The normalized spacial score (nSPS) is 15.3. The highest BCUT2D eigenvalue weighted by molar-refractivity contribution is 5.76. The predicted octanol–water partition coefficient (Wildman–Crippen LogP) is 0.626. The summed E-state index contributed by atoms with van der Waals surface area (Å²) in [4.78, 5) is 10.8. The van der Waals surface area contributed by atoms with E-state index in [9.17, 15) is 4.79 Å². The van der Waals surface area contributed by atoms with E-state index in [1.54, 1.807) is 6.08 Å². The van der Waals surface area contributed by atoms with Crippen LogP contribution in [0.1, 0.15) is 13.3 Å². The number of carbonyl (C=O) groups is 1. The van der Waals surface area contributed by atoms with Crippen molar-refractivity contribution in [1.29, 1.82) is 0 Å². The zero-order chi connectivity index (χ0) is 12.8. The minimum Gasteiger partial charge on any atom is -0.480 e. The maximum atomic E-state index is 10.8. The fourth-order valence-electron chi connectivity index (χ4n) is 1.67. The van der Waals surface area contributed by atoms with Gasteiger partial charge in [-0.2, -0.15) is 0 Å². The number of carboxylic acids is 1. The average Bonchev–Trinajstić information content (AvgIpc) is 2.35. The highest BCUT2D eigenvalue weighted by Gasteiger charge is 2.12. The molecule has 90 valence electrons. The first-order valence-electron chi connectivity index (χ1n) is 5.45. The van der Waals surface area contributed by atoms with Crippen molar-refractivity contribution in [2.45, 2.75) is 19.4 Å². The van der Waals surface area contributed by atoms with Gasteiger partial charge < -0.3 is 10.8 Å². The van der Waals surface area contributed by atoms with E-state index in [2.05, 4.69) is 6.58 Å². The van der Waals surface area contributed by atoms with Crippen LogP contribution in [0.25, 0.3) is 11.6 Å². The Bertz CT molecular complexity index is 531. The molecule has 17 heavy (non-hydrogen) atoms. The molecule has 0 aliphatic carbocycles. The van der Waals surface area contributed by atoms with Gasteiger partial charge in [0.15, 0.2) is 0 Å². The van der Waals surface area contributed by atoms with Crippen LogP contribution in [0.4, 0.5) is 0 Å². The molecule has 0 aliphatic heterocycles. The van der Waals surface area contributed by atoms with E-state index in [1.807, 2.05) is 37.3 Å². The van der Waals surface area contributed by atoms with E-state index in [1.165, 1.54) is 0 Å². The van der Waals surface area contributed by atoms with E-state index >= 15 is 0 Å². The van der Waals surface area contributed by atoms with Crippen LogP contribution in [0, 0.1) is 0 Å². The molecule has 1 aromatic carbocycles. The van der Waals surface area contributed by atoms with E-state index < -0.39 is 12.0 Å². The Balaban J connectivity index is 3.33. The topological polar surface area (TPSA) is 63.3 Å². The van der Waals surface area contributed by atoms with E-state index in [0.29, 0.717) is 0 Å². The molecule has 0 fully saturated rings. The van der Waals surface area contributed by atoms with Crippen LogP contribution >= 0.6 is 0 Å². The van der Waals surface area contributed by atoms with Crippen LogP contribution in [-0.4, -0.2) is 17.1 Å². The van der Waals surface area contributed by atoms with Crippen LogP contribution < -0.4 is 16.2 Å². The van der Waals surface area contributed by atoms with Crippen molar-refractivity contribution >= 4 is 17.6 Å². The van der Waals surface area contributed by atoms with Gasteiger partial charge in [0.25, 0.3) is 0 Å². The largest absolute Gasteiger partial charge is 0.480 e. The van der Waals surface area contributed by atoms with Gasteiger partial charge in [-0.1, -0.05) is 43.0 Å². The van der Waals surface area contributed by atoms with Crippen LogP contribution in [0.3, 0.4) is 0 Å². The summed E-state index contributed by atoms with van der Waals surface area (Å²) in [5.74, 6) is -0.998. The molecule has 0 aromatic heterocycles. The minimum atomic E-state index is -0.998. The Hall–Kier alpha value is -1.87. The lowest BCUT2D eigenvalue weighted by molar-refractivity contribution is -0.138. The summed E-state index contributed by atoms with van der Waals surface area (Å²) in [7, 11) is 0.